The number of hydrogen-bond donors (Lipinski definition) is 3. The van der Waals surface area contributed by atoms with Gasteiger partial charge >= 0.3 is 0 Å². The number of rotatable bonds is 6. The average molecular weight is 264 g/mol. The molecule has 5 heteroatoms. The van der Waals surface area contributed by atoms with E-state index in [-0.39, 0.29) is 12.5 Å². The highest BCUT2D eigenvalue weighted by Gasteiger charge is 2.28. The summed E-state index contributed by atoms with van der Waals surface area (Å²) in [6.45, 7) is 3.65. The van der Waals surface area contributed by atoms with Crippen LogP contribution in [0.3, 0.4) is 0 Å². The van der Waals surface area contributed by atoms with E-state index in [1.807, 2.05) is 12.1 Å². The van der Waals surface area contributed by atoms with E-state index in [4.69, 9.17) is 5.11 Å². The number of fused-ring (bicyclic) bond motifs is 1. The van der Waals surface area contributed by atoms with E-state index in [0.717, 1.165) is 25.1 Å². The van der Waals surface area contributed by atoms with Crippen molar-refractivity contribution in [2.24, 2.45) is 0 Å². The van der Waals surface area contributed by atoms with Crippen molar-refractivity contribution in [1.29, 1.82) is 0 Å². The van der Waals surface area contributed by atoms with Crippen molar-refractivity contribution in [3.63, 3.8) is 0 Å². The molecule has 1 atom stereocenters. The molecule has 3 N–H and O–H groups in total. The van der Waals surface area contributed by atoms with Crippen molar-refractivity contribution >= 4 is 17.3 Å². The molecule has 5 nitrogen and oxygen atoms in total. The number of aliphatic hydroxyl groups is 2. The molecule has 1 amide bonds. The Labute approximate surface area is 112 Å². The number of nitrogens with zero attached hydrogens (tertiary/aromatic N) is 1. The van der Waals surface area contributed by atoms with Crippen molar-refractivity contribution in [2.75, 3.05) is 29.9 Å². The SMILES string of the molecule is CCCCN(CCO)c1ccc2c(c1)NC(=O)C2O. The summed E-state index contributed by atoms with van der Waals surface area (Å²) >= 11 is 0. The van der Waals surface area contributed by atoms with Crippen molar-refractivity contribution in [2.45, 2.75) is 25.9 Å². The maximum absolute atomic E-state index is 11.4. The summed E-state index contributed by atoms with van der Waals surface area (Å²) in [5, 5.41) is 21.4. The van der Waals surface area contributed by atoms with Gasteiger partial charge in [-0.25, -0.2) is 0 Å². The fraction of sp³-hybridized carbons (Fsp3) is 0.500. The van der Waals surface area contributed by atoms with Crippen molar-refractivity contribution in [1.82, 2.24) is 0 Å². The third-order valence-corrected chi connectivity index (χ3v) is 3.35. The number of unbranched alkanes of at least 4 members (excludes halogenated alkanes) is 1. The lowest BCUT2D eigenvalue weighted by atomic mass is 10.1. The van der Waals surface area contributed by atoms with E-state index in [0.29, 0.717) is 17.8 Å². The van der Waals surface area contributed by atoms with E-state index in [9.17, 15) is 9.90 Å². The summed E-state index contributed by atoms with van der Waals surface area (Å²) in [6.07, 6.45) is 1.07. The number of nitrogens with one attached hydrogen (secondary N) is 1. The van der Waals surface area contributed by atoms with Crippen LogP contribution in [0.2, 0.25) is 0 Å². The van der Waals surface area contributed by atoms with E-state index >= 15 is 0 Å². The van der Waals surface area contributed by atoms with Gasteiger partial charge in [0.1, 0.15) is 0 Å². The van der Waals surface area contributed by atoms with E-state index in [1.54, 1.807) is 6.07 Å². The molecular formula is C14H20N2O3. The number of carbonyl (C=O) groups is 1. The molecule has 1 aromatic carbocycles. The lowest BCUT2D eigenvalue weighted by Gasteiger charge is -2.24. The van der Waals surface area contributed by atoms with Crippen molar-refractivity contribution < 1.29 is 15.0 Å². The Morgan fingerprint density at radius 3 is 2.84 bits per heavy atom. The molecule has 1 heterocycles. The molecule has 2 rings (SSSR count). The molecule has 1 unspecified atom stereocenters. The van der Waals surface area contributed by atoms with Gasteiger partial charge in [0.15, 0.2) is 6.10 Å². The molecule has 0 aliphatic carbocycles. The fourth-order valence-electron chi connectivity index (χ4n) is 2.27. The van der Waals surface area contributed by atoms with Crippen LogP contribution in [0.5, 0.6) is 0 Å². The molecule has 0 saturated heterocycles. The molecule has 0 bridgehead atoms. The zero-order valence-electron chi connectivity index (χ0n) is 11.1. The maximum atomic E-state index is 11.4. The Morgan fingerprint density at radius 2 is 2.16 bits per heavy atom. The molecule has 1 aromatic rings. The molecule has 0 fully saturated rings. The molecular weight excluding hydrogens is 244 g/mol. The van der Waals surface area contributed by atoms with Crippen LogP contribution in [0, 0.1) is 0 Å². The molecule has 19 heavy (non-hydrogen) atoms. The minimum Gasteiger partial charge on any atom is -0.395 e. The van der Waals surface area contributed by atoms with Gasteiger partial charge in [-0.15, -0.1) is 0 Å². The van der Waals surface area contributed by atoms with Gasteiger partial charge in [-0.3, -0.25) is 4.79 Å². The lowest BCUT2D eigenvalue weighted by molar-refractivity contribution is -0.123. The van der Waals surface area contributed by atoms with Crippen LogP contribution < -0.4 is 10.2 Å². The summed E-state index contributed by atoms with van der Waals surface area (Å²) in [6, 6.07) is 5.51. The highest BCUT2D eigenvalue weighted by molar-refractivity contribution is 6.02. The predicted octanol–water partition coefficient (Wildman–Crippen LogP) is 1.27. The third-order valence-electron chi connectivity index (χ3n) is 3.35. The zero-order valence-corrected chi connectivity index (χ0v) is 11.1. The van der Waals surface area contributed by atoms with E-state index < -0.39 is 6.10 Å². The molecule has 0 aromatic heterocycles. The summed E-state index contributed by atoms with van der Waals surface area (Å²) in [4.78, 5) is 13.5. The van der Waals surface area contributed by atoms with Crippen LogP contribution in [0.1, 0.15) is 31.4 Å². The Balaban J connectivity index is 2.20. The van der Waals surface area contributed by atoms with Gasteiger partial charge in [0.2, 0.25) is 0 Å². The monoisotopic (exact) mass is 264 g/mol. The minimum absolute atomic E-state index is 0.0930. The summed E-state index contributed by atoms with van der Waals surface area (Å²) in [7, 11) is 0. The highest BCUT2D eigenvalue weighted by Crippen LogP contribution is 2.33. The van der Waals surface area contributed by atoms with Crippen LogP contribution in [0.15, 0.2) is 18.2 Å². The second-order valence-corrected chi connectivity index (χ2v) is 4.73. The first-order valence-corrected chi connectivity index (χ1v) is 6.66. The van der Waals surface area contributed by atoms with Gasteiger partial charge in [0.25, 0.3) is 5.91 Å². The standard InChI is InChI=1S/C14H20N2O3/c1-2-3-6-16(7-8-17)10-4-5-11-12(9-10)15-14(19)13(11)18/h4-5,9,13,17-18H,2-3,6-8H2,1H3,(H,15,19). The van der Waals surface area contributed by atoms with Gasteiger partial charge in [-0.05, 0) is 18.6 Å². The highest BCUT2D eigenvalue weighted by atomic mass is 16.3. The molecule has 1 aliphatic rings. The lowest BCUT2D eigenvalue weighted by Crippen LogP contribution is -2.27. The first kappa shape index (κ1) is 13.8. The van der Waals surface area contributed by atoms with E-state index in [2.05, 4.69) is 17.1 Å². The van der Waals surface area contributed by atoms with Crippen LogP contribution in [-0.2, 0) is 4.79 Å². The summed E-state index contributed by atoms with van der Waals surface area (Å²) < 4.78 is 0. The minimum atomic E-state index is -1.06. The topological polar surface area (TPSA) is 72.8 Å². The second-order valence-electron chi connectivity index (χ2n) is 4.73. The number of hydrogen-bond acceptors (Lipinski definition) is 4. The zero-order chi connectivity index (χ0) is 13.8. The number of benzene rings is 1. The van der Waals surface area contributed by atoms with Crippen molar-refractivity contribution in [3.05, 3.63) is 23.8 Å². The Hall–Kier alpha value is -1.59. The first-order valence-electron chi connectivity index (χ1n) is 6.66. The quantitative estimate of drug-likeness (QED) is 0.723. The van der Waals surface area contributed by atoms with Crippen LogP contribution >= 0.6 is 0 Å². The van der Waals surface area contributed by atoms with Gasteiger partial charge in [-0.2, -0.15) is 0 Å². The number of aliphatic hydroxyl groups excluding tert-OH is 2. The number of anilines is 2. The second kappa shape index (κ2) is 6.04. The largest absolute Gasteiger partial charge is 0.395 e. The van der Waals surface area contributed by atoms with Gasteiger partial charge in [-0.1, -0.05) is 19.4 Å². The third kappa shape index (κ3) is 2.88. The van der Waals surface area contributed by atoms with Gasteiger partial charge in [0.05, 0.1) is 6.61 Å². The normalized spacial score (nSPS) is 17.2. The van der Waals surface area contributed by atoms with Crippen LogP contribution in [0.4, 0.5) is 11.4 Å². The smallest absolute Gasteiger partial charge is 0.257 e. The van der Waals surface area contributed by atoms with Crippen molar-refractivity contribution in [3.8, 4) is 0 Å². The van der Waals surface area contributed by atoms with Crippen LogP contribution in [0.25, 0.3) is 0 Å². The Morgan fingerprint density at radius 1 is 1.37 bits per heavy atom. The maximum Gasteiger partial charge on any atom is 0.257 e. The Kier molecular flexibility index (Phi) is 4.39. The predicted molar refractivity (Wildman–Crippen MR) is 74.2 cm³/mol. The Bertz CT molecular complexity index is 462. The summed E-state index contributed by atoms with van der Waals surface area (Å²) in [5.41, 5.74) is 2.23. The number of amides is 1. The van der Waals surface area contributed by atoms with Crippen LogP contribution in [-0.4, -0.2) is 35.8 Å². The van der Waals surface area contributed by atoms with Gasteiger partial charge < -0.3 is 20.4 Å². The van der Waals surface area contributed by atoms with E-state index in [1.165, 1.54) is 0 Å². The number of carbonyl (C=O) groups excluding carboxylic acids is 1. The summed E-state index contributed by atoms with van der Waals surface area (Å²) in [5.74, 6) is -0.380. The molecule has 0 radical (unpaired) electrons. The molecule has 1 aliphatic heterocycles. The van der Waals surface area contributed by atoms with Gasteiger partial charge in [0, 0.05) is 30.0 Å². The molecule has 0 spiro atoms. The first-order chi connectivity index (χ1) is 9.17. The fourth-order valence-corrected chi connectivity index (χ4v) is 2.27. The molecule has 104 valence electrons. The molecule has 0 saturated carbocycles. The average Bonchev–Trinajstić information content (AvgIpc) is 2.69.